The van der Waals surface area contributed by atoms with Crippen LogP contribution in [0.4, 0.5) is 0 Å². The molecule has 0 saturated carbocycles. The molecule has 0 radical (unpaired) electrons. The molecule has 0 saturated heterocycles. The Labute approximate surface area is 112 Å². The Morgan fingerprint density at radius 3 is 3.11 bits per heavy atom. The molecule has 0 unspecified atom stereocenters. The number of hydrogen-bond acceptors (Lipinski definition) is 6. The van der Waals surface area contributed by atoms with Crippen LogP contribution in [0, 0.1) is 6.92 Å². The Morgan fingerprint density at radius 2 is 2.26 bits per heavy atom. The Morgan fingerprint density at radius 1 is 1.37 bits per heavy atom. The summed E-state index contributed by atoms with van der Waals surface area (Å²) in [5, 5.41) is 3.37. The van der Waals surface area contributed by atoms with Crippen molar-refractivity contribution in [2.24, 2.45) is 0 Å². The van der Waals surface area contributed by atoms with Gasteiger partial charge in [-0.25, -0.2) is 19.9 Å². The molecule has 0 spiro atoms. The summed E-state index contributed by atoms with van der Waals surface area (Å²) in [6.07, 6.45) is 3.15. The van der Waals surface area contributed by atoms with Crippen molar-refractivity contribution in [1.29, 1.82) is 0 Å². The van der Waals surface area contributed by atoms with Crippen molar-refractivity contribution in [2.45, 2.75) is 17.8 Å². The maximum absolute atomic E-state index is 11.7. The van der Waals surface area contributed by atoms with Crippen LogP contribution in [0.3, 0.4) is 0 Å². The van der Waals surface area contributed by atoms with Gasteiger partial charge < -0.3 is 0 Å². The van der Waals surface area contributed by atoms with E-state index in [0.717, 1.165) is 5.69 Å². The van der Waals surface area contributed by atoms with Crippen molar-refractivity contribution in [2.75, 3.05) is 0 Å². The summed E-state index contributed by atoms with van der Waals surface area (Å²) in [7, 11) is 0. The Bertz CT molecular complexity index is 780. The molecule has 7 nitrogen and oxygen atoms in total. The molecule has 0 aromatic carbocycles. The zero-order chi connectivity index (χ0) is 13.2. The topological polar surface area (TPSA) is 88.8 Å². The summed E-state index contributed by atoms with van der Waals surface area (Å²) in [6.45, 7) is 1.91. The van der Waals surface area contributed by atoms with Gasteiger partial charge in [0.1, 0.15) is 6.33 Å². The van der Waals surface area contributed by atoms with Crippen LogP contribution in [0.15, 0.2) is 34.6 Å². The molecule has 0 bridgehead atoms. The van der Waals surface area contributed by atoms with Crippen LogP contribution in [-0.2, 0) is 5.75 Å². The number of rotatable bonds is 3. The van der Waals surface area contributed by atoms with E-state index in [4.69, 9.17) is 0 Å². The fourth-order valence-electron chi connectivity index (χ4n) is 1.58. The number of aromatic amines is 1. The molecule has 8 heteroatoms. The van der Waals surface area contributed by atoms with Crippen LogP contribution in [-0.4, -0.2) is 29.5 Å². The number of nitrogens with zero attached hydrogens (tertiary/aromatic N) is 5. The lowest BCUT2D eigenvalue weighted by Crippen LogP contribution is -2.15. The van der Waals surface area contributed by atoms with Crippen molar-refractivity contribution in [3.05, 3.63) is 46.4 Å². The van der Waals surface area contributed by atoms with Gasteiger partial charge in [0.25, 0.3) is 11.3 Å². The first-order valence-corrected chi connectivity index (χ1v) is 6.55. The van der Waals surface area contributed by atoms with E-state index in [0.29, 0.717) is 22.4 Å². The third-order valence-corrected chi connectivity index (χ3v) is 3.34. The molecule has 0 aliphatic heterocycles. The number of hydrogen-bond donors (Lipinski definition) is 1. The summed E-state index contributed by atoms with van der Waals surface area (Å²) in [5.74, 6) is 0.899. The number of fused-ring (bicyclic) bond motifs is 1. The molecule has 3 aromatic heterocycles. The van der Waals surface area contributed by atoms with E-state index in [9.17, 15) is 4.79 Å². The number of thioether (sulfide) groups is 1. The second-order valence-electron chi connectivity index (χ2n) is 3.88. The summed E-state index contributed by atoms with van der Waals surface area (Å²) in [4.78, 5) is 28.4. The van der Waals surface area contributed by atoms with Crippen LogP contribution in [0.25, 0.3) is 5.78 Å². The predicted molar refractivity (Wildman–Crippen MR) is 69.9 cm³/mol. The zero-order valence-corrected chi connectivity index (χ0v) is 10.9. The minimum Gasteiger partial charge on any atom is -0.278 e. The van der Waals surface area contributed by atoms with Crippen LogP contribution in [0.2, 0.25) is 0 Å². The number of nitrogens with one attached hydrogen (secondary N) is 1. The molecule has 3 rings (SSSR count). The van der Waals surface area contributed by atoms with Gasteiger partial charge in [-0.15, -0.1) is 0 Å². The van der Waals surface area contributed by atoms with E-state index in [1.165, 1.54) is 28.7 Å². The molecule has 19 heavy (non-hydrogen) atoms. The van der Waals surface area contributed by atoms with Crippen LogP contribution < -0.4 is 5.56 Å². The van der Waals surface area contributed by atoms with Crippen molar-refractivity contribution in [3.63, 3.8) is 0 Å². The van der Waals surface area contributed by atoms with E-state index in [1.54, 1.807) is 6.20 Å². The van der Waals surface area contributed by atoms with Crippen LogP contribution in [0.5, 0.6) is 0 Å². The predicted octanol–water partition coefficient (Wildman–Crippen LogP) is 0.808. The lowest BCUT2D eigenvalue weighted by molar-refractivity contribution is 0.885. The van der Waals surface area contributed by atoms with Gasteiger partial charge in [0.05, 0.1) is 5.69 Å². The normalized spacial score (nSPS) is 11.0. The van der Waals surface area contributed by atoms with Crippen molar-refractivity contribution < 1.29 is 0 Å². The fraction of sp³-hybridized carbons (Fsp3) is 0.182. The molecule has 0 aliphatic rings. The number of H-pyrrole nitrogens is 1. The Kier molecular flexibility index (Phi) is 3.00. The highest BCUT2D eigenvalue weighted by molar-refractivity contribution is 7.98. The minimum atomic E-state index is -0.178. The van der Waals surface area contributed by atoms with E-state index in [-0.39, 0.29) is 5.56 Å². The smallest absolute Gasteiger partial charge is 0.274 e. The first-order chi connectivity index (χ1) is 9.22. The van der Waals surface area contributed by atoms with Crippen molar-refractivity contribution in [3.8, 4) is 0 Å². The largest absolute Gasteiger partial charge is 0.278 e. The van der Waals surface area contributed by atoms with Gasteiger partial charge in [-0.2, -0.15) is 4.52 Å². The van der Waals surface area contributed by atoms with Gasteiger partial charge in [0, 0.05) is 23.7 Å². The van der Waals surface area contributed by atoms with E-state index < -0.39 is 0 Å². The van der Waals surface area contributed by atoms with E-state index >= 15 is 0 Å². The van der Waals surface area contributed by atoms with E-state index in [1.807, 2.05) is 13.0 Å². The molecule has 0 fully saturated rings. The summed E-state index contributed by atoms with van der Waals surface area (Å²) in [5.41, 5.74) is 1.39. The second-order valence-corrected chi connectivity index (χ2v) is 4.82. The highest BCUT2D eigenvalue weighted by Crippen LogP contribution is 2.17. The quantitative estimate of drug-likeness (QED) is 0.561. The lowest BCUT2D eigenvalue weighted by atomic mass is 10.4. The maximum Gasteiger partial charge on any atom is 0.274 e. The van der Waals surface area contributed by atoms with Gasteiger partial charge in [-0.05, 0) is 13.0 Å². The highest BCUT2D eigenvalue weighted by Gasteiger charge is 2.05. The van der Waals surface area contributed by atoms with Gasteiger partial charge in [-0.1, -0.05) is 11.8 Å². The van der Waals surface area contributed by atoms with Crippen molar-refractivity contribution in [1.82, 2.24) is 29.5 Å². The Balaban J connectivity index is 1.83. The van der Waals surface area contributed by atoms with E-state index in [2.05, 4.69) is 25.0 Å². The SMILES string of the molecule is Cc1ccnc(SCc2cc(=O)n3[nH]cnc3n2)n1. The maximum atomic E-state index is 11.7. The van der Waals surface area contributed by atoms with Gasteiger partial charge in [-0.3, -0.25) is 9.89 Å². The monoisotopic (exact) mass is 274 g/mol. The summed E-state index contributed by atoms with van der Waals surface area (Å²) >= 11 is 1.44. The first-order valence-electron chi connectivity index (χ1n) is 5.57. The molecular weight excluding hydrogens is 264 g/mol. The molecule has 0 aliphatic carbocycles. The number of aromatic nitrogens is 6. The number of aryl methyl sites for hydroxylation is 1. The molecule has 3 heterocycles. The molecule has 0 atom stereocenters. The molecule has 1 N–H and O–H groups in total. The molecule has 96 valence electrons. The molecule has 0 amide bonds. The average molecular weight is 274 g/mol. The fourth-order valence-corrected chi connectivity index (χ4v) is 2.35. The summed E-state index contributed by atoms with van der Waals surface area (Å²) in [6, 6.07) is 3.32. The average Bonchev–Trinajstić information content (AvgIpc) is 2.85. The first kappa shape index (κ1) is 11.8. The second kappa shape index (κ2) is 4.81. The van der Waals surface area contributed by atoms with Gasteiger partial charge in [0.2, 0.25) is 0 Å². The minimum absolute atomic E-state index is 0.178. The third-order valence-electron chi connectivity index (χ3n) is 2.44. The molecular formula is C11H10N6OS. The third kappa shape index (κ3) is 2.48. The van der Waals surface area contributed by atoms with Gasteiger partial charge >= 0.3 is 0 Å². The molecule has 3 aromatic rings. The van der Waals surface area contributed by atoms with Crippen LogP contribution in [0.1, 0.15) is 11.4 Å². The van der Waals surface area contributed by atoms with Crippen LogP contribution >= 0.6 is 11.8 Å². The standard InChI is InChI=1S/C11H10N6OS/c1-7-2-3-12-11(15-7)19-5-8-4-9(18)17-10(16-8)13-6-14-17/h2-4,6H,5H2,1H3,(H,13,14,16). The van der Waals surface area contributed by atoms with Gasteiger partial charge in [0.15, 0.2) is 5.16 Å². The Hall–Kier alpha value is -2.22. The van der Waals surface area contributed by atoms with Crippen molar-refractivity contribution >= 4 is 17.5 Å². The summed E-state index contributed by atoms with van der Waals surface area (Å²) < 4.78 is 1.29. The highest BCUT2D eigenvalue weighted by atomic mass is 32.2. The zero-order valence-electron chi connectivity index (χ0n) is 10.1. The lowest BCUT2D eigenvalue weighted by Gasteiger charge is -2.00.